The molecule has 2 N–H and O–H groups in total. The summed E-state index contributed by atoms with van der Waals surface area (Å²) < 4.78 is 2.09. The van der Waals surface area contributed by atoms with Crippen molar-refractivity contribution < 1.29 is 9.59 Å². The number of aryl methyl sites for hydroxylation is 1. The number of nitrogens with one attached hydrogen (secondary N) is 2. The second kappa shape index (κ2) is 9.11. The Morgan fingerprint density at radius 3 is 2.71 bits per heavy atom. The number of carbonyl (C=O) groups is 2. The van der Waals surface area contributed by atoms with Crippen LogP contribution in [0, 0.1) is 11.8 Å². The van der Waals surface area contributed by atoms with Crippen LogP contribution in [0.15, 0.2) is 5.16 Å². The second-order valence-electron chi connectivity index (χ2n) is 10.1. The number of hydrogen-bond acceptors (Lipinski definition) is 7. The fourth-order valence-electron chi connectivity index (χ4n) is 5.31. The summed E-state index contributed by atoms with van der Waals surface area (Å²) in [7, 11) is 0. The van der Waals surface area contributed by atoms with Gasteiger partial charge in [-0.25, -0.2) is 4.98 Å². The number of rotatable bonds is 5. The number of aromatic nitrogens is 4. The first-order valence-electron chi connectivity index (χ1n) is 12.5. The Morgan fingerprint density at radius 1 is 1.09 bits per heavy atom. The summed E-state index contributed by atoms with van der Waals surface area (Å²) in [6.07, 6.45) is 10.8. The largest absolute Gasteiger partial charge is 0.273 e. The smallest absolute Gasteiger partial charge is 0.248 e. The van der Waals surface area contributed by atoms with E-state index in [9.17, 15) is 9.59 Å². The van der Waals surface area contributed by atoms with Gasteiger partial charge in [0, 0.05) is 16.7 Å². The van der Waals surface area contributed by atoms with Crippen molar-refractivity contribution in [2.45, 2.75) is 82.2 Å². The topological polar surface area (TPSA) is 101 Å². The van der Waals surface area contributed by atoms with Gasteiger partial charge in [0.05, 0.1) is 11.1 Å². The van der Waals surface area contributed by atoms with Crippen molar-refractivity contribution in [1.82, 2.24) is 30.4 Å². The van der Waals surface area contributed by atoms with Crippen LogP contribution in [0.4, 0.5) is 0 Å². The van der Waals surface area contributed by atoms with Crippen molar-refractivity contribution in [2.75, 3.05) is 5.75 Å². The van der Waals surface area contributed by atoms with Crippen LogP contribution in [-0.4, -0.2) is 37.1 Å². The maximum absolute atomic E-state index is 12.5. The molecule has 3 aromatic heterocycles. The monoisotopic (exact) mass is 498 g/mol. The molecule has 2 amide bonds. The lowest BCUT2D eigenvalue weighted by Gasteiger charge is -2.20. The molecule has 3 aliphatic carbocycles. The van der Waals surface area contributed by atoms with E-state index < -0.39 is 0 Å². The minimum atomic E-state index is -0.241. The molecule has 6 rings (SSSR count). The SMILES string of the molecule is CC1CCc2c(sc3nc(C4CC4)n4c(SCC(=O)NNC(=O)C5CCCCC5)nnc4c23)C1. The van der Waals surface area contributed by atoms with Gasteiger partial charge >= 0.3 is 0 Å². The first kappa shape index (κ1) is 22.3. The van der Waals surface area contributed by atoms with E-state index in [0.717, 1.165) is 73.1 Å². The van der Waals surface area contributed by atoms with Gasteiger partial charge in [-0.15, -0.1) is 21.5 Å². The summed E-state index contributed by atoms with van der Waals surface area (Å²) in [5.74, 6) is 2.01. The third kappa shape index (κ3) is 4.19. The van der Waals surface area contributed by atoms with Crippen LogP contribution < -0.4 is 10.9 Å². The zero-order valence-electron chi connectivity index (χ0n) is 19.4. The van der Waals surface area contributed by atoms with Gasteiger partial charge in [0.2, 0.25) is 11.8 Å². The highest BCUT2D eigenvalue weighted by Gasteiger charge is 2.32. The van der Waals surface area contributed by atoms with E-state index in [0.29, 0.717) is 17.0 Å². The molecule has 10 heteroatoms. The van der Waals surface area contributed by atoms with Crippen molar-refractivity contribution in [3.63, 3.8) is 0 Å². The number of thiophene rings is 1. The van der Waals surface area contributed by atoms with Gasteiger partial charge in [0.15, 0.2) is 10.8 Å². The van der Waals surface area contributed by atoms with Crippen LogP contribution >= 0.6 is 23.1 Å². The first-order valence-corrected chi connectivity index (χ1v) is 14.3. The molecule has 3 aromatic rings. The van der Waals surface area contributed by atoms with Crippen molar-refractivity contribution in [3.05, 3.63) is 16.3 Å². The van der Waals surface area contributed by atoms with Crippen molar-refractivity contribution in [2.24, 2.45) is 11.8 Å². The molecule has 34 heavy (non-hydrogen) atoms. The third-order valence-electron chi connectivity index (χ3n) is 7.37. The third-order valence-corrected chi connectivity index (χ3v) is 9.45. The van der Waals surface area contributed by atoms with Crippen LogP contribution in [0.1, 0.15) is 80.5 Å². The fraction of sp³-hybridized carbons (Fsp3) is 0.625. The average Bonchev–Trinajstić information content (AvgIpc) is 3.51. The van der Waals surface area contributed by atoms with Crippen LogP contribution in [0.2, 0.25) is 0 Å². The minimum absolute atomic E-state index is 0.0104. The second-order valence-corrected chi connectivity index (χ2v) is 12.1. The highest BCUT2D eigenvalue weighted by Crippen LogP contribution is 2.44. The number of nitrogens with zero attached hydrogens (tertiary/aromatic N) is 4. The molecule has 0 bridgehead atoms. The maximum Gasteiger partial charge on any atom is 0.248 e. The lowest BCUT2D eigenvalue weighted by Crippen LogP contribution is -2.45. The predicted octanol–water partition coefficient (Wildman–Crippen LogP) is 4.16. The number of thioether (sulfide) groups is 1. The van der Waals surface area contributed by atoms with E-state index in [-0.39, 0.29) is 23.5 Å². The quantitative estimate of drug-likeness (QED) is 0.405. The van der Waals surface area contributed by atoms with Crippen LogP contribution in [0.3, 0.4) is 0 Å². The summed E-state index contributed by atoms with van der Waals surface area (Å²) in [6, 6.07) is 0. The standard InChI is InChI=1S/C24H30N6O2S2/c1-13-7-10-16-17(11-13)34-23-19(16)21-27-29-24(30(21)20(25-23)14-8-9-14)33-12-18(31)26-28-22(32)15-5-3-2-4-6-15/h13-15H,2-12H2,1H3,(H,26,31)(H,28,32). The Hall–Kier alpha value is -2.20. The fourth-order valence-corrected chi connectivity index (χ4v) is 7.44. The number of fused-ring (bicyclic) bond motifs is 5. The molecule has 8 nitrogen and oxygen atoms in total. The summed E-state index contributed by atoms with van der Waals surface area (Å²) in [4.78, 5) is 32.4. The molecule has 0 saturated heterocycles. The summed E-state index contributed by atoms with van der Waals surface area (Å²) >= 11 is 3.17. The zero-order valence-corrected chi connectivity index (χ0v) is 21.1. The Labute approximate surface area is 206 Å². The number of amides is 2. The van der Waals surface area contributed by atoms with Gasteiger partial charge < -0.3 is 0 Å². The molecule has 0 spiro atoms. The van der Waals surface area contributed by atoms with E-state index in [4.69, 9.17) is 4.98 Å². The molecule has 0 aliphatic heterocycles. The molecule has 3 aliphatic rings. The number of hydrogen-bond donors (Lipinski definition) is 2. The van der Waals surface area contributed by atoms with Crippen molar-refractivity contribution in [1.29, 1.82) is 0 Å². The maximum atomic E-state index is 12.5. The van der Waals surface area contributed by atoms with Gasteiger partial charge in [0.1, 0.15) is 10.7 Å². The molecular weight excluding hydrogens is 468 g/mol. The summed E-state index contributed by atoms with van der Waals surface area (Å²) in [5.41, 5.74) is 7.47. The highest BCUT2D eigenvalue weighted by molar-refractivity contribution is 7.99. The number of hydrazine groups is 1. The molecule has 2 saturated carbocycles. The Morgan fingerprint density at radius 2 is 1.91 bits per heavy atom. The summed E-state index contributed by atoms with van der Waals surface area (Å²) in [5, 5.41) is 10.9. The zero-order chi connectivity index (χ0) is 23.2. The normalized spacial score (nSPS) is 21.0. The van der Waals surface area contributed by atoms with Crippen LogP contribution in [0.5, 0.6) is 0 Å². The lowest BCUT2D eigenvalue weighted by atomic mass is 9.89. The number of carbonyl (C=O) groups excluding carboxylic acids is 2. The Bertz CT molecular complexity index is 1260. The van der Waals surface area contributed by atoms with E-state index in [2.05, 4.69) is 32.4 Å². The van der Waals surface area contributed by atoms with Gasteiger partial charge in [-0.2, -0.15) is 0 Å². The molecule has 1 unspecified atom stereocenters. The van der Waals surface area contributed by atoms with E-state index in [1.807, 2.05) is 11.3 Å². The van der Waals surface area contributed by atoms with Crippen molar-refractivity contribution in [3.8, 4) is 0 Å². The molecule has 2 fully saturated rings. The molecule has 0 radical (unpaired) electrons. The van der Waals surface area contributed by atoms with E-state index in [1.54, 1.807) is 0 Å². The van der Waals surface area contributed by atoms with Crippen LogP contribution in [-0.2, 0) is 22.4 Å². The summed E-state index contributed by atoms with van der Waals surface area (Å²) in [6.45, 7) is 2.32. The van der Waals surface area contributed by atoms with Gasteiger partial charge in [0.25, 0.3) is 0 Å². The Kier molecular flexibility index (Phi) is 5.97. The first-order chi connectivity index (χ1) is 16.6. The van der Waals surface area contributed by atoms with Gasteiger partial charge in [-0.05, 0) is 56.4 Å². The molecule has 3 heterocycles. The minimum Gasteiger partial charge on any atom is -0.273 e. The molecule has 1 atom stereocenters. The lowest BCUT2D eigenvalue weighted by molar-refractivity contribution is -0.131. The molecule has 180 valence electrons. The highest BCUT2D eigenvalue weighted by atomic mass is 32.2. The van der Waals surface area contributed by atoms with Crippen LogP contribution in [0.25, 0.3) is 15.9 Å². The van der Waals surface area contributed by atoms with Gasteiger partial charge in [-0.3, -0.25) is 24.8 Å². The van der Waals surface area contributed by atoms with Crippen molar-refractivity contribution >= 4 is 50.8 Å². The van der Waals surface area contributed by atoms with Gasteiger partial charge in [-0.1, -0.05) is 37.9 Å². The molecule has 0 aromatic carbocycles. The van der Waals surface area contributed by atoms with E-state index >= 15 is 0 Å². The Balaban J connectivity index is 1.21. The molecular formula is C24H30N6O2S2. The predicted molar refractivity (Wildman–Crippen MR) is 133 cm³/mol. The average molecular weight is 499 g/mol. The van der Waals surface area contributed by atoms with E-state index in [1.165, 1.54) is 35.0 Å².